The highest BCUT2D eigenvalue weighted by Gasteiger charge is 2.25. The van der Waals surface area contributed by atoms with Gasteiger partial charge in [-0.05, 0) is 19.9 Å². The highest BCUT2D eigenvalue weighted by molar-refractivity contribution is 5.95. The first kappa shape index (κ1) is 14.0. The molecule has 0 aliphatic carbocycles. The minimum Gasteiger partial charge on any atom is -0.337 e. The minimum atomic E-state index is 0. The van der Waals surface area contributed by atoms with Crippen LogP contribution in [0.25, 0.3) is 0 Å². The average molecular weight is 259 g/mol. The van der Waals surface area contributed by atoms with Crippen LogP contribution in [0.2, 0.25) is 0 Å². The number of hydrogen-bond acceptors (Lipinski definition) is 3. The monoisotopic (exact) mass is 258 g/mol. The number of aryl methyl sites for hydroxylation is 1. The molecule has 0 aromatic carbocycles. The van der Waals surface area contributed by atoms with Gasteiger partial charge in [0.15, 0.2) is 0 Å². The molecule has 96 valence electrons. The van der Waals surface area contributed by atoms with Crippen molar-refractivity contribution in [3.05, 3.63) is 17.5 Å². The molecule has 0 bridgehead atoms. The van der Waals surface area contributed by atoms with Gasteiger partial charge in [-0.2, -0.15) is 5.10 Å². The summed E-state index contributed by atoms with van der Waals surface area (Å²) in [6, 6.07) is 0.312. The molecule has 1 amide bonds. The predicted octanol–water partition coefficient (Wildman–Crippen LogP) is 0.584. The van der Waals surface area contributed by atoms with Gasteiger partial charge in [0.2, 0.25) is 0 Å². The third-order valence-corrected chi connectivity index (χ3v) is 3.37. The molecular weight excluding hydrogens is 240 g/mol. The van der Waals surface area contributed by atoms with Crippen molar-refractivity contribution in [1.82, 2.24) is 20.0 Å². The quantitative estimate of drug-likeness (QED) is 0.845. The van der Waals surface area contributed by atoms with Gasteiger partial charge in [-0.1, -0.05) is 0 Å². The Kier molecular flexibility index (Phi) is 4.54. The molecule has 1 N–H and O–H groups in total. The lowest BCUT2D eigenvalue weighted by molar-refractivity contribution is 0.0743. The fraction of sp³-hybridized carbons (Fsp3) is 0.636. The first-order valence-corrected chi connectivity index (χ1v) is 5.57. The molecular formula is C11H19ClN4O. The van der Waals surface area contributed by atoms with E-state index < -0.39 is 0 Å². The Balaban J connectivity index is 0.00000144. The van der Waals surface area contributed by atoms with Gasteiger partial charge in [0, 0.05) is 32.4 Å². The highest BCUT2D eigenvalue weighted by atomic mass is 35.5. The summed E-state index contributed by atoms with van der Waals surface area (Å²) >= 11 is 0. The Morgan fingerprint density at radius 2 is 2.35 bits per heavy atom. The van der Waals surface area contributed by atoms with Crippen molar-refractivity contribution < 1.29 is 4.79 Å². The summed E-state index contributed by atoms with van der Waals surface area (Å²) in [5.74, 6) is 0.0688. The fourth-order valence-corrected chi connectivity index (χ4v) is 2.03. The Morgan fingerprint density at radius 1 is 1.65 bits per heavy atom. The summed E-state index contributed by atoms with van der Waals surface area (Å²) in [4.78, 5) is 14.0. The molecule has 1 saturated heterocycles. The summed E-state index contributed by atoms with van der Waals surface area (Å²) in [6.45, 7) is 3.80. The van der Waals surface area contributed by atoms with Gasteiger partial charge in [0.1, 0.15) is 0 Å². The summed E-state index contributed by atoms with van der Waals surface area (Å²) in [5.41, 5.74) is 1.62. The Morgan fingerprint density at radius 3 is 2.82 bits per heavy atom. The molecule has 2 rings (SSSR count). The molecule has 1 aromatic heterocycles. The lowest BCUT2D eigenvalue weighted by atomic mass is 10.2. The van der Waals surface area contributed by atoms with Crippen LogP contribution >= 0.6 is 12.4 Å². The van der Waals surface area contributed by atoms with Crippen molar-refractivity contribution in [3.8, 4) is 0 Å². The van der Waals surface area contributed by atoms with Gasteiger partial charge in [-0.15, -0.1) is 12.4 Å². The molecule has 1 aromatic rings. The molecule has 0 saturated carbocycles. The molecule has 1 fully saturated rings. The number of hydrogen-bond donors (Lipinski definition) is 1. The van der Waals surface area contributed by atoms with Gasteiger partial charge < -0.3 is 10.2 Å². The standard InChI is InChI=1S/C11H18N4O.ClH/c1-8-10(7-13-15(8)3)11(16)14(2)9-4-5-12-6-9;/h7,9,12H,4-6H2,1-3H3;1H. The third kappa shape index (κ3) is 2.61. The van der Waals surface area contributed by atoms with Crippen LogP contribution in [-0.2, 0) is 7.05 Å². The van der Waals surface area contributed by atoms with Gasteiger partial charge in [0.25, 0.3) is 5.91 Å². The molecule has 0 spiro atoms. The zero-order valence-electron chi connectivity index (χ0n) is 10.4. The second-order valence-electron chi connectivity index (χ2n) is 4.33. The molecule has 1 unspecified atom stereocenters. The van der Waals surface area contributed by atoms with E-state index in [0.29, 0.717) is 11.6 Å². The lowest BCUT2D eigenvalue weighted by Gasteiger charge is -2.23. The number of rotatable bonds is 2. The Labute approximate surface area is 108 Å². The second-order valence-corrected chi connectivity index (χ2v) is 4.33. The lowest BCUT2D eigenvalue weighted by Crippen LogP contribution is -2.38. The first-order chi connectivity index (χ1) is 7.61. The van der Waals surface area contributed by atoms with Crippen molar-refractivity contribution in [2.75, 3.05) is 20.1 Å². The van der Waals surface area contributed by atoms with E-state index in [1.165, 1.54) is 0 Å². The van der Waals surface area contributed by atoms with Crippen LogP contribution in [0, 0.1) is 6.92 Å². The Bertz CT molecular complexity index is 398. The normalized spacial score (nSPS) is 18.9. The number of aromatic nitrogens is 2. The van der Waals surface area contributed by atoms with E-state index in [-0.39, 0.29) is 18.3 Å². The number of amides is 1. The third-order valence-electron chi connectivity index (χ3n) is 3.37. The van der Waals surface area contributed by atoms with Crippen LogP contribution in [0.3, 0.4) is 0 Å². The van der Waals surface area contributed by atoms with Gasteiger partial charge in [0.05, 0.1) is 11.8 Å². The predicted molar refractivity (Wildman–Crippen MR) is 68.6 cm³/mol. The zero-order chi connectivity index (χ0) is 11.7. The average Bonchev–Trinajstić information content (AvgIpc) is 2.89. The molecule has 5 nitrogen and oxygen atoms in total. The van der Waals surface area contributed by atoms with Crippen molar-refractivity contribution >= 4 is 18.3 Å². The maximum atomic E-state index is 12.2. The minimum absolute atomic E-state index is 0. The highest BCUT2D eigenvalue weighted by Crippen LogP contribution is 2.13. The number of nitrogens with one attached hydrogen (secondary N) is 1. The van der Waals surface area contributed by atoms with E-state index in [9.17, 15) is 4.79 Å². The van der Waals surface area contributed by atoms with Crippen molar-refractivity contribution in [3.63, 3.8) is 0 Å². The van der Waals surface area contributed by atoms with Crippen molar-refractivity contribution in [2.24, 2.45) is 7.05 Å². The maximum Gasteiger partial charge on any atom is 0.257 e. The SMILES string of the molecule is Cc1c(C(=O)N(C)C2CCNC2)cnn1C.Cl. The Hall–Kier alpha value is -1.07. The van der Waals surface area contributed by atoms with E-state index in [0.717, 1.165) is 25.2 Å². The van der Waals surface area contributed by atoms with Gasteiger partial charge in [-0.25, -0.2) is 0 Å². The molecule has 0 radical (unpaired) electrons. The molecule has 1 aliphatic heterocycles. The van der Waals surface area contributed by atoms with Crippen LogP contribution in [0.15, 0.2) is 6.20 Å². The fourth-order valence-electron chi connectivity index (χ4n) is 2.03. The number of likely N-dealkylation sites (N-methyl/N-ethyl adjacent to an activating group) is 1. The van der Waals surface area contributed by atoms with E-state index in [1.54, 1.807) is 10.9 Å². The summed E-state index contributed by atoms with van der Waals surface area (Å²) < 4.78 is 1.73. The summed E-state index contributed by atoms with van der Waals surface area (Å²) in [7, 11) is 3.72. The topological polar surface area (TPSA) is 50.2 Å². The maximum absolute atomic E-state index is 12.2. The van der Waals surface area contributed by atoms with Crippen LogP contribution < -0.4 is 5.32 Å². The number of nitrogens with zero attached hydrogens (tertiary/aromatic N) is 3. The van der Waals surface area contributed by atoms with Gasteiger partial charge >= 0.3 is 0 Å². The van der Waals surface area contributed by atoms with E-state index in [1.807, 2.05) is 25.9 Å². The summed E-state index contributed by atoms with van der Waals surface area (Å²) in [6.07, 6.45) is 2.68. The van der Waals surface area contributed by atoms with Crippen LogP contribution in [0.4, 0.5) is 0 Å². The van der Waals surface area contributed by atoms with Crippen LogP contribution in [-0.4, -0.2) is 46.8 Å². The van der Waals surface area contributed by atoms with E-state index in [4.69, 9.17) is 0 Å². The zero-order valence-corrected chi connectivity index (χ0v) is 11.3. The molecule has 6 heteroatoms. The summed E-state index contributed by atoms with van der Waals surface area (Å²) in [5, 5.41) is 7.36. The molecule has 17 heavy (non-hydrogen) atoms. The van der Waals surface area contributed by atoms with Gasteiger partial charge in [-0.3, -0.25) is 9.48 Å². The molecule has 2 heterocycles. The van der Waals surface area contributed by atoms with Crippen molar-refractivity contribution in [2.45, 2.75) is 19.4 Å². The smallest absolute Gasteiger partial charge is 0.257 e. The van der Waals surface area contributed by atoms with Crippen LogP contribution in [0.1, 0.15) is 22.5 Å². The van der Waals surface area contributed by atoms with E-state index in [2.05, 4.69) is 10.4 Å². The first-order valence-electron chi connectivity index (χ1n) is 5.57. The van der Waals surface area contributed by atoms with Crippen molar-refractivity contribution in [1.29, 1.82) is 0 Å². The largest absolute Gasteiger partial charge is 0.337 e. The molecule has 1 atom stereocenters. The van der Waals surface area contributed by atoms with Crippen LogP contribution in [0.5, 0.6) is 0 Å². The molecule has 1 aliphatic rings. The van der Waals surface area contributed by atoms with E-state index >= 15 is 0 Å². The number of carbonyl (C=O) groups excluding carboxylic acids is 1. The number of carbonyl (C=O) groups is 1. The number of halogens is 1. The second kappa shape index (κ2) is 5.51.